The van der Waals surface area contributed by atoms with Gasteiger partial charge in [-0.2, -0.15) is 0 Å². The number of hydrogen-bond donors (Lipinski definition) is 2. The second kappa shape index (κ2) is 7.85. The zero-order valence-corrected chi connectivity index (χ0v) is 12.9. The van der Waals surface area contributed by atoms with E-state index in [1.54, 1.807) is 0 Å². The minimum Gasteiger partial charge on any atom is -0.488 e. The highest BCUT2D eigenvalue weighted by Crippen LogP contribution is 2.17. The fourth-order valence-electron chi connectivity index (χ4n) is 2.32. The molecule has 2 N–H and O–H groups in total. The van der Waals surface area contributed by atoms with Gasteiger partial charge in [0, 0.05) is 6.54 Å². The molecule has 5 nitrogen and oxygen atoms in total. The van der Waals surface area contributed by atoms with Crippen molar-refractivity contribution in [2.45, 2.75) is 24.2 Å². The second-order valence-electron chi connectivity index (χ2n) is 5.22. The molecule has 1 unspecified atom stereocenters. The van der Waals surface area contributed by atoms with Crippen molar-refractivity contribution in [1.29, 1.82) is 0 Å². The van der Waals surface area contributed by atoms with Crippen LogP contribution < -0.4 is 14.8 Å². The first kappa shape index (κ1) is 17.1. The summed E-state index contributed by atoms with van der Waals surface area (Å²) >= 11 is 0. The van der Waals surface area contributed by atoms with E-state index in [1.165, 1.54) is 24.3 Å². The molecule has 0 radical (unpaired) electrons. The highest BCUT2D eigenvalue weighted by atomic mass is 32.2. The van der Waals surface area contributed by atoms with E-state index in [0.717, 1.165) is 25.9 Å². The van der Waals surface area contributed by atoms with Crippen LogP contribution in [0.4, 0.5) is 8.78 Å². The van der Waals surface area contributed by atoms with Crippen LogP contribution in [0.1, 0.15) is 12.8 Å². The molecular weight excluding hydrogens is 314 g/mol. The normalized spacial score (nSPS) is 18.8. The monoisotopic (exact) mass is 334 g/mol. The summed E-state index contributed by atoms with van der Waals surface area (Å²) in [5, 5.41) is 3.23. The maximum absolute atomic E-state index is 12.1. The number of nitrogens with one attached hydrogen (secondary N) is 2. The summed E-state index contributed by atoms with van der Waals surface area (Å²) in [6, 6.07) is 5.44. The minimum absolute atomic E-state index is 0.0986. The molecule has 1 saturated heterocycles. The van der Waals surface area contributed by atoms with Gasteiger partial charge in [0.2, 0.25) is 10.0 Å². The van der Waals surface area contributed by atoms with E-state index in [9.17, 15) is 17.2 Å². The Morgan fingerprint density at radius 1 is 1.32 bits per heavy atom. The Morgan fingerprint density at radius 2 is 2.05 bits per heavy atom. The molecule has 1 aliphatic rings. The van der Waals surface area contributed by atoms with Gasteiger partial charge in [-0.15, -0.1) is 0 Å². The van der Waals surface area contributed by atoms with Gasteiger partial charge < -0.3 is 10.1 Å². The number of benzene rings is 1. The lowest BCUT2D eigenvalue weighted by molar-refractivity contribution is 0.0819. The van der Waals surface area contributed by atoms with Crippen LogP contribution in [0.2, 0.25) is 0 Å². The predicted molar refractivity (Wildman–Crippen MR) is 78.7 cm³/mol. The van der Waals surface area contributed by atoms with Crippen LogP contribution in [-0.2, 0) is 10.0 Å². The average molecular weight is 334 g/mol. The van der Waals surface area contributed by atoms with Crippen LogP contribution in [0, 0.1) is 5.92 Å². The van der Waals surface area contributed by atoms with Gasteiger partial charge in [0.15, 0.2) is 0 Å². The summed E-state index contributed by atoms with van der Waals surface area (Å²) in [6.07, 6.45) is -0.699. The smallest absolute Gasteiger partial charge is 0.272 e. The molecule has 1 heterocycles. The fraction of sp³-hybridized carbons (Fsp3) is 0.571. The van der Waals surface area contributed by atoms with Crippen LogP contribution in [-0.4, -0.2) is 41.1 Å². The number of sulfonamides is 1. The maximum Gasteiger partial charge on any atom is 0.272 e. The van der Waals surface area contributed by atoms with E-state index in [-0.39, 0.29) is 10.6 Å². The Balaban J connectivity index is 1.85. The van der Waals surface area contributed by atoms with Gasteiger partial charge in [-0.3, -0.25) is 0 Å². The van der Waals surface area contributed by atoms with Crippen molar-refractivity contribution in [2.24, 2.45) is 5.92 Å². The second-order valence-corrected chi connectivity index (χ2v) is 6.99. The van der Waals surface area contributed by atoms with E-state index in [0.29, 0.717) is 12.5 Å². The molecule has 1 atom stereocenters. The van der Waals surface area contributed by atoms with Crippen LogP contribution >= 0.6 is 0 Å². The van der Waals surface area contributed by atoms with Gasteiger partial charge in [0.05, 0.1) is 4.90 Å². The molecule has 0 spiro atoms. The first-order chi connectivity index (χ1) is 10.5. The summed E-state index contributed by atoms with van der Waals surface area (Å²) in [6.45, 7) is 1.59. The first-order valence-corrected chi connectivity index (χ1v) is 8.67. The van der Waals surface area contributed by atoms with E-state index in [2.05, 4.69) is 10.0 Å². The lowest BCUT2D eigenvalue weighted by Gasteiger charge is -2.11. The topological polar surface area (TPSA) is 67.4 Å². The number of ether oxygens (including phenoxy) is 1. The van der Waals surface area contributed by atoms with E-state index in [4.69, 9.17) is 4.74 Å². The molecule has 1 fully saturated rings. The third-order valence-electron chi connectivity index (χ3n) is 3.52. The van der Waals surface area contributed by atoms with Gasteiger partial charge in [-0.05, 0) is 56.1 Å². The number of alkyl halides is 2. The summed E-state index contributed by atoms with van der Waals surface area (Å²) in [5.41, 5.74) is 0. The molecule has 8 heteroatoms. The molecule has 1 aromatic carbocycles. The van der Waals surface area contributed by atoms with Gasteiger partial charge >= 0.3 is 0 Å². The van der Waals surface area contributed by atoms with E-state index < -0.39 is 23.1 Å². The summed E-state index contributed by atoms with van der Waals surface area (Å²) < 4.78 is 55.6. The molecule has 0 amide bonds. The van der Waals surface area contributed by atoms with Crippen molar-refractivity contribution < 1.29 is 21.9 Å². The molecule has 0 saturated carbocycles. The molecule has 0 aromatic heterocycles. The molecule has 1 aromatic rings. The standard InChI is InChI=1S/C14H20F2N2O3S/c15-14(16)10-21-12-1-3-13(4-2-12)22(19,20)18-8-6-11-5-7-17-9-11/h1-4,11,14,17-18H,5-10H2. The largest absolute Gasteiger partial charge is 0.488 e. The lowest BCUT2D eigenvalue weighted by Crippen LogP contribution is -2.26. The summed E-state index contributed by atoms with van der Waals surface area (Å²) in [5.74, 6) is 0.726. The fourth-order valence-corrected chi connectivity index (χ4v) is 3.36. The molecule has 0 aliphatic carbocycles. The Kier molecular flexibility index (Phi) is 6.10. The van der Waals surface area contributed by atoms with Crippen molar-refractivity contribution in [3.05, 3.63) is 24.3 Å². The van der Waals surface area contributed by atoms with Crippen LogP contribution in [0.3, 0.4) is 0 Å². The Morgan fingerprint density at radius 3 is 2.64 bits per heavy atom. The van der Waals surface area contributed by atoms with E-state index in [1.807, 2.05) is 0 Å². The Labute approximate surface area is 129 Å². The molecule has 2 rings (SSSR count). The first-order valence-electron chi connectivity index (χ1n) is 7.19. The number of hydrogen-bond acceptors (Lipinski definition) is 4. The van der Waals surface area contributed by atoms with Gasteiger partial charge in [-0.25, -0.2) is 21.9 Å². The van der Waals surface area contributed by atoms with Crippen molar-refractivity contribution in [1.82, 2.24) is 10.0 Å². The molecule has 124 valence electrons. The average Bonchev–Trinajstić information content (AvgIpc) is 2.98. The molecular formula is C14H20F2N2O3S. The highest BCUT2D eigenvalue weighted by molar-refractivity contribution is 7.89. The lowest BCUT2D eigenvalue weighted by atomic mass is 10.1. The van der Waals surface area contributed by atoms with Crippen LogP contribution in [0.25, 0.3) is 0 Å². The summed E-state index contributed by atoms with van der Waals surface area (Å²) in [4.78, 5) is 0.0986. The van der Waals surface area contributed by atoms with Gasteiger partial charge in [0.1, 0.15) is 12.4 Å². The maximum atomic E-state index is 12.1. The predicted octanol–water partition coefficient (Wildman–Crippen LogP) is 1.61. The Bertz CT molecular complexity index is 558. The molecule has 22 heavy (non-hydrogen) atoms. The Hall–Kier alpha value is -1.25. The summed E-state index contributed by atoms with van der Waals surface area (Å²) in [7, 11) is -3.57. The van der Waals surface area contributed by atoms with Crippen molar-refractivity contribution in [2.75, 3.05) is 26.2 Å². The van der Waals surface area contributed by atoms with Crippen LogP contribution in [0.15, 0.2) is 29.2 Å². The van der Waals surface area contributed by atoms with Crippen molar-refractivity contribution >= 4 is 10.0 Å². The third-order valence-corrected chi connectivity index (χ3v) is 4.99. The zero-order valence-electron chi connectivity index (χ0n) is 12.1. The minimum atomic E-state index is -3.57. The molecule has 0 bridgehead atoms. The van der Waals surface area contributed by atoms with Crippen molar-refractivity contribution in [3.63, 3.8) is 0 Å². The van der Waals surface area contributed by atoms with Crippen molar-refractivity contribution in [3.8, 4) is 5.75 Å². The quantitative estimate of drug-likeness (QED) is 0.758. The van der Waals surface area contributed by atoms with Crippen LogP contribution in [0.5, 0.6) is 5.75 Å². The third kappa shape index (κ3) is 5.19. The van der Waals surface area contributed by atoms with E-state index >= 15 is 0 Å². The zero-order chi connectivity index (χ0) is 16.0. The highest BCUT2D eigenvalue weighted by Gasteiger charge is 2.17. The van der Waals surface area contributed by atoms with Gasteiger partial charge in [0.25, 0.3) is 6.43 Å². The number of halogens is 2. The number of rotatable bonds is 8. The SMILES string of the molecule is O=S(=O)(NCCC1CCNC1)c1ccc(OCC(F)F)cc1. The molecule has 1 aliphatic heterocycles. The van der Waals surface area contributed by atoms with Gasteiger partial charge in [-0.1, -0.05) is 0 Å².